The number of ether oxygens (including phenoxy) is 1. The Morgan fingerprint density at radius 2 is 2.10 bits per heavy atom. The molecule has 108 valence electrons. The number of aliphatic carboxylic acids is 1. The van der Waals surface area contributed by atoms with Crippen molar-refractivity contribution < 1.29 is 19.4 Å². The van der Waals surface area contributed by atoms with Crippen molar-refractivity contribution in [3.8, 4) is 0 Å². The molecule has 0 aliphatic heterocycles. The van der Waals surface area contributed by atoms with E-state index in [1.807, 2.05) is 37.3 Å². The van der Waals surface area contributed by atoms with Gasteiger partial charge in [0, 0.05) is 0 Å². The number of amides is 1. The third-order valence-corrected chi connectivity index (χ3v) is 3.72. The van der Waals surface area contributed by atoms with Crippen molar-refractivity contribution in [2.75, 3.05) is 0 Å². The van der Waals surface area contributed by atoms with Gasteiger partial charge in [-0.05, 0) is 30.7 Å². The summed E-state index contributed by atoms with van der Waals surface area (Å²) in [4.78, 5) is 23.2. The molecule has 2 N–H and O–H groups in total. The summed E-state index contributed by atoms with van der Waals surface area (Å²) in [6.07, 6.45) is 1.02. The van der Waals surface area contributed by atoms with E-state index in [2.05, 4.69) is 5.32 Å². The molecule has 1 aromatic rings. The minimum absolute atomic E-state index is 0.137. The molecule has 0 aromatic heterocycles. The van der Waals surface area contributed by atoms with Crippen LogP contribution in [0.4, 0.5) is 4.79 Å². The van der Waals surface area contributed by atoms with E-state index in [9.17, 15) is 14.7 Å². The van der Waals surface area contributed by atoms with Crippen LogP contribution in [0.15, 0.2) is 30.3 Å². The molecule has 0 bridgehead atoms. The van der Waals surface area contributed by atoms with Crippen molar-refractivity contribution >= 4 is 12.1 Å². The fourth-order valence-corrected chi connectivity index (χ4v) is 2.61. The molecule has 0 heterocycles. The quantitative estimate of drug-likeness (QED) is 0.886. The van der Waals surface area contributed by atoms with Gasteiger partial charge in [-0.1, -0.05) is 37.3 Å². The van der Waals surface area contributed by atoms with Crippen molar-refractivity contribution in [1.29, 1.82) is 0 Å². The zero-order valence-corrected chi connectivity index (χ0v) is 11.5. The van der Waals surface area contributed by atoms with Crippen molar-refractivity contribution in [3.63, 3.8) is 0 Å². The van der Waals surface area contributed by atoms with Crippen LogP contribution >= 0.6 is 0 Å². The predicted molar refractivity (Wildman–Crippen MR) is 73.1 cm³/mol. The van der Waals surface area contributed by atoms with E-state index < -0.39 is 17.6 Å². The van der Waals surface area contributed by atoms with Crippen molar-refractivity contribution in [2.24, 2.45) is 5.92 Å². The first-order valence-electron chi connectivity index (χ1n) is 6.74. The molecule has 0 radical (unpaired) electrons. The zero-order chi connectivity index (χ0) is 14.6. The molecule has 1 aliphatic rings. The Labute approximate surface area is 117 Å². The number of hydrogen-bond acceptors (Lipinski definition) is 3. The smallest absolute Gasteiger partial charge is 0.408 e. The minimum atomic E-state index is -1.17. The summed E-state index contributed by atoms with van der Waals surface area (Å²) < 4.78 is 5.09. The number of carbonyl (C=O) groups excluding carboxylic acids is 1. The lowest BCUT2D eigenvalue weighted by molar-refractivity contribution is -0.144. The van der Waals surface area contributed by atoms with Crippen LogP contribution in [0, 0.1) is 5.92 Å². The van der Waals surface area contributed by atoms with E-state index in [1.54, 1.807) is 0 Å². The zero-order valence-electron chi connectivity index (χ0n) is 11.5. The van der Waals surface area contributed by atoms with Gasteiger partial charge >= 0.3 is 12.1 Å². The van der Waals surface area contributed by atoms with Gasteiger partial charge in [0.2, 0.25) is 0 Å². The maximum atomic E-state index is 11.8. The molecule has 5 heteroatoms. The van der Waals surface area contributed by atoms with E-state index in [4.69, 9.17) is 4.74 Å². The molecule has 2 atom stereocenters. The van der Waals surface area contributed by atoms with Crippen LogP contribution in [0.2, 0.25) is 0 Å². The van der Waals surface area contributed by atoms with E-state index >= 15 is 0 Å². The third kappa shape index (κ3) is 3.29. The Morgan fingerprint density at radius 3 is 2.65 bits per heavy atom. The van der Waals surface area contributed by atoms with Crippen LogP contribution in [-0.4, -0.2) is 22.7 Å². The van der Waals surface area contributed by atoms with Crippen LogP contribution in [-0.2, 0) is 16.1 Å². The van der Waals surface area contributed by atoms with Gasteiger partial charge in [-0.15, -0.1) is 0 Å². The Bertz CT molecular complexity index is 488. The summed E-state index contributed by atoms with van der Waals surface area (Å²) in [5.74, 6) is -0.695. The fraction of sp³-hybridized carbons (Fsp3) is 0.467. The second-order valence-electron chi connectivity index (χ2n) is 5.42. The highest BCUT2D eigenvalue weighted by Crippen LogP contribution is 2.34. The number of rotatable bonds is 4. The standard InChI is InChI=1S/C15H19NO4/c1-11-7-8-15(9-11,13(17)18)16-14(19)20-10-12-5-3-2-4-6-12/h2-6,11H,7-10H2,1H3,(H,16,19)(H,17,18)/t11-,15+/m0/s1. The van der Waals surface area contributed by atoms with Crippen LogP contribution in [0.5, 0.6) is 0 Å². The Balaban J connectivity index is 1.91. The highest BCUT2D eigenvalue weighted by atomic mass is 16.5. The van der Waals surface area contributed by atoms with Gasteiger partial charge in [0.05, 0.1) is 0 Å². The average Bonchev–Trinajstić information content (AvgIpc) is 2.80. The molecular weight excluding hydrogens is 258 g/mol. The molecule has 1 saturated carbocycles. The number of alkyl carbamates (subject to hydrolysis) is 1. The maximum absolute atomic E-state index is 11.8. The average molecular weight is 277 g/mol. The first-order valence-corrected chi connectivity index (χ1v) is 6.74. The molecule has 1 amide bonds. The molecule has 1 fully saturated rings. The largest absolute Gasteiger partial charge is 0.480 e. The monoisotopic (exact) mass is 277 g/mol. The lowest BCUT2D eigenvalue weighted by Gasteiger charge is -2.25. The van der Waals surface area contributed by atoms with Gasteiger partial charge in [-0.3, -0.25) is 0 Å². The summed E-state index contributed by atoms with van der Waals surface area (Å²) in [5, 5.41) is 11.9. The number of carboxylic acids is 1. The van der Waals surface area contributed by atoms with Crippen LogP contribution in [0.3, 0.4) is 0 Å². The molecule has 20 heavy (non-hydrogen) atoms. The normalized spacial score (nSPS) is 25.1. The Morgan fingerprint density at radius 1 is 1.40 bits per heavy atom. The number of nitrogens with one attached hydrogen (secondary N) is 1. The minimum Gasteiger partial charge on any atom is -0.480 e. The summed E-state index contributed by atoms with van der Waals surface area (Å²) in [6, 6.07) is 9.28. The fourth-order valence-electron chi connectivity index (χ4n) is 2.61. The number of hydrogen-bond donors (Lipinski definition) is 2. The topological polar surface area (TPSA) is 75.6 Å². The van der Waals surface area contributed by atoms with E-state index in [0.717, 1.165) is 12.0 Å². The molecule has 1 aromatic carbocycles. The highest BCUT2D eigenvalue weighted by Gasteiger charge is 2.45. The molecule has 1 aliphatic carbocycles. The van der Waals surface area contributed by atoms with Gasteiger partial charge in [-0.2, -0.15) is 0 Å². The van der Waals surface area contributed by atoms with Crippen molar-refractivity contribution in [1.82, 2.24) is 5.32 Å². The van der Waals surface area contributed by atoms with E-state index in [-0.39, 0.29) is 6.61 Å². The van der Waals surface area contributed by atoms with Crippen molar-refractivity contribution in [2.45, 2.75) is 38.3 Å². The van der Waals surface area contributed by atoms with Crippen molar-refractivity contribution in [3.05, 3.63) is 35.9 Å². The second kappa shape index (κ2) is 5.94. The third-order valence-electron chi connectivity index (χ3n) is 3.72. The molecule has 0 spiro atoms. The van der Waals surface area contributed by atoms with Crippen LogP contribution < -0.4 is 5.32 Å². The number of carbonyl (C=O) groups is 2. The van der Waals surface area contributed by atoms with Gasteiger partial charge in [0.1, 0.15) is 12.1 Å². The van der Waals surface area contributed by atoms with Gasteiger partial charge < -0.3 is 15.2 Å². The molecule has 0 saturated heterocycles. The SMILES string of the molecule is C[C@H]1CC[C@](NC(=O)OCc2ccccc2)(C(=O)O)C1. The lowest BCUT2D eigenvalue weighted by Crippen LogP contribution is -2.52. The Hall–Kier alpha value is -2.04. The second-order valence-corrected chi connectivity index (χ2v) is 5.42. The molecule has 2 rings (SSSR count). The first kappa shape index (κ1) is 14.4. The molecule has 0 unspecified atom stereocenters. The van der Waals surface area contributed by atoms with Crippen LogP contribution in [0.25, 0.3) is 0 Å². The lowest BCUT2D eigenvalue weighted by atomic mass is 9.97. The highest BCUT2D eigenvalue weighted by molar-refractivity contribution is 5.84. The Kier molecular flexibility index (Phi) is 4.27. The summed E-state index contributed by atoms with van der Waals surface area (Å²) in [7, 11) is 0. The summed E-state index contributed by atoms with van der Waals surface area (Å²) in [6.45, 7) is 2.12. The van der Waals surface area contributed by atoms with Crippen LogP contribution in [0.1, 0.15) is 31.7 Å². The first-order chi connectivity index (χ1) is 9.52. The van der Waals surface area contributed by atoms with E-state index in [1.165, 1.54) is 0 Å². The van der Waals surface area contributed by atoms with Gasteiger partial charge in [0.25, 0.3) is 0 Å². The van der Waals surface area contributed by atoms with E-state index in [0.29, 0.717) is 18.8 Å². The predicted octanol–water partition coefficient (Wildman–Crippen LogP) is 2.56. The summed E-state index contributed by atoms with van der Waals surface area (Å²) in [5.41, 5.74) is -0.306. The molecule has 5 nitrogen and oxygen atoms in total. The number of benzene rings is 1. The van der Waals surface area contributed by atoms with Gasteiger partial charge in [-0.25, -0.2) is 9.59 Å². The summed E-state index contributed by atoms with van der Waals surface area (Å²) >= 11 is 0. The molecular formula is C15H19NO4. The maximum Gasteiger partial charge on any atom is 0.408 e. The number of carboxylic acid groups (broad SMARTS) is 1. The van der Waals surface area contributed by atoms with Gasteiger partial charge in [0.15, 0.2) is 0 Å².